The van der Waals surface area contributed by atoms with Crippen molar-refractivity contribution in [1.82, 2.24) is 0 Å². The molecule has 0 saturated heterocycles. The zero-order valence-corrected chi connectivity index (χ0v) is 11.2. The third-order valence-corrected chi connectivity index (χ3v) is 6.82. The second-order valence-electron chi connectivity index (χ2n) is 7.19. The summed E-state index contributed by atoms with van der Waals surface area (Å²) < 4.78 is 5.89. The summed E-state index contributed by atoms with van der Waals surface area (Å²) in [4.78, 5) is 12.4. The Morgan fingerprint density at radius 1 is 1.29 bits per heavy atom. The third kappa shape index (κ3) is 0.780. The van der Waals surface area contributed by atoms with Crippen LogP contribution in [0, 0.1) is 11.8 Å². The average Bonchev–Trinajstić information content (AvgIpc) is 3.13. The molecule has 0 amide bonds. The Morgan fingerprint density at radius 3 is 3.00 bits per heavy atom. The highest BCUT2D eigenvalue weighted by Crippen LogP contribution is 2.78. The number of hydrogen-bond acceptors (Lipinski definition) is 4. The molecule has 4 unspecified atom stereocenters. The molecule has 2 fully saturated rings. The molecule has 1 aromatic rings. The number of ketones is 1. The van der Waals surface area contributed by atoms with Crippen LogP contribution in [0.25, 0.3) is 0 Å². The van der Waals surface area contributed by atoms with Crippen LogP contribution in [0.3, 0.4) is 0 Å². The predicted octanol–water partition coefficient (Wildman–Crippen LogP) is 1.40. The molecule has 1 aliphatic heterocycles. The van der Waals surface area contributed by atoms with Gasteiger partial charge in [0.25, 0.3) is 0 Å². The van der Waals surface area contributed by atoms with Gasteiger partial charge in [0, 0.05) is 5.56 Å². The molecule has 1 aromatic carbocycles. The van der Waals surface area contributed by atoms with Crippen molar-refractivity contribution in [3.8, 4) is 11.5 Å². The number of ether oxygens (including phenoxy) is 1. The van der Waals surface area contributed by atoms with Crippen LogP contribution in [0.15, 0.2) is 24.3 Å². The molecule has 106 valence electrons. The minimum absolute atomic E-state index is 0.0809. The number of aliphatic hydroxyl groups is 1. The average molecular weight is 282 g/mol. The summed E-state index contributed by atoms with van der Waals surface area (Å²) in [7, 11) is 0. The second-order valence-corrected chi connectivity index (χ2v) is 7.19. The SMILES string of the molecule is O=C1C=CC2(O)[C@@H]3CC4c5ccc(O)c6c5[C@]2(C1O6)C4C3. The molecule has 2 saturated carbocycles. The third-order valence-electron chi connectivity index (χ3n) is 6.82. The standard InChI is InChI=1S/C17H14O4/c18-11-2-1-8-9-5-7-6-10(9)17-13(8)14(11)21-15(17)12(19)3-4-16(7,17)20/h1-4,7,9-10,15,18,20H,5-6H2/t7-,9?,10?,15?,16?,17+/m1/s1. The van der Waals surface area contributed by atoms with Crippen LogP contribution in [0.4, 0.5) is 0 Å². The summed E-state index contributed by atoms with van der Waals surface area (Å²) in [5.74, 6) is 1.26. The lowest BCUT2D eigenvalue weighted by Crippen LogP contribution is -2.63. The molecular weight excluding hydrogens is 268 g/mol. The molecule has 6 rings (SSSR count). The van der Waals surface area contributed by atoms with Crippen LogP contribution in [0.5, 0.6) is 11.5 Å². The number of hydrogen-bond donors (Lipinski definition) is 2. The minimum Gasteiger partial charge on any atom is -0.504 e. The first-order chi connectivity index (χ1) is 10.1. The first-order valence-electron chi connectivity index (χ1n) is 7.57. The Hall–Kier alpha value is -1.81. The zero-order chi connectivity index (χ0) is 14.1. The first kappa shape index (κ1) is 10.9. The summed E-state index contributed by atoms with van der Waals surface area (Å²) in [5.41, 5.74) is 0.437. The molecule has 2 N–H and O–H groups in total. The molecule has 1 heterocycles. The molecule has 0 aromatic heterocycles. The molecule has 1 spiro atoms. The van der Waals surface area contributed by atoms with Crippen molar-refractivity contribution < 1.29 is 19.7 Å². The molecule has 6 atom stereocenters. The first-order valence-corrected chi connectivity index (χ1v) is 7.57. The Labute approximate surface area is 121 Å². The molecule has 4 nitrogen and oxygen atoms in total. The lowest BCUT2D eigenvalue weighted by atomic mass is 9.57. The molecule has 5 aliphatic rings. The van der Waals surface area contributed by atoms with Gasteiger partial charge in [0.15, 0.2) is 23.4 Å². The van der Waals surface area contributed by atoms with Crippen LogP contribution < -0.4 is 4.74 Å². The van der Waals surface area contributed by atoms with E-state index in [1.807, 2.05) is 6.07 Å². The molecule has 21 heavy (non-hydrogen) atoms. The predicted molar refractivity (Wildman–Crippen MR) is 72.3 cm³/mol. The summed E-state index contributed by atoms with van der Waals surface area (Å²) in [6, 6.07) is 3.63. The minimum atomic E-state index is -1.00. The molecule has 0 radical (unpaired) electrons. The van der Waals surface area contributed by atoms with E-state index in [-0.39, 0.29) is 23.4 Å². The summed E-state index contributed by atoms with van der Waals surface area (Å²) in [5, 5.41) is 21.6. The Kier molecular flexibility index (Phi) is 1.42. The topological polar surface area (TPSA) is 66.8 Å². The van der Waals surface area contributed by atoms with Gasteiger partial charge in [-0.25, -0.2) is 0 Å². The number of benzene rings is 1. The van der Waals surface area contributed by atoms with Crippen molar-refractivity contribution in [2.24, 2.45) is 11.8 Å². The van der Waals surface area contributed by atoms with Crippen LogP contribution in [0.2, 0.25) is 0 Å². The van der Waals surface area contributed by atoms with Gasteiger partial charge in [-0.2, -0.15) is 0 Å². The van der Waals surface area contributed by atoms with Crippen molar-refractivity contribution in [1.29, 1.82) is 0 Å². The van der Waals surface area contributed by atoms with E-state index in [0.29, 0.717) is 11.7 Å². The van der Waals surface area contributed by atoms with Gasteiger partial charge in [0.1, 0.15) is 5.60 Å². The quantitative estimate of drug-likeness (QED) is 0.755. The number of carbonyl (C=O) groups is 1. The maximum absolute atomic E-state index is 12.4. The zero-order valence-electron chi connectivity index (χ0n) is 11.2. The number of phenolic OH excluding ortho intramolecular Hbond substituents is 1. The highest BCUT2D eigenvalue weighted by molar-refractivity contribution is 5.99. The number of aromatic hydroxyl groups is 1. The van der Waals surface area contributed by atoms with Gasteiger partial charge >= 0.3 is 0 Å². The van der Waals surface area contributed by atoms with E-state index in [1.165, 1.54) is 11.6 Å². The monoisotopic (exact) mass is 282 g/mol. The van der Waals surface area contributed by atoms with Crippen molar-refractivity contribution >= 4 is 5.78 Å². The lowest BCUT2D eigenvalue weighted by molar-refractivity contribution is -0.135. The summed E-state index contributed by atoms with van der Waals surface area (Å²) >= 11 is 0. The van der Waals surface area contributed by atoms with E-state index in [0.717, 1.165) is 18.4 Å². The van der Waals surface area contributed by atoms with Gasteiger partial charge in [0.2, 0.25) is 0 Å². The summed E-state index contributed by atoms with van der Waals surface area (Å²) in [6.45, 7) is 0. The van der Waals surface area contributed by atoms with Gasteiger partial charge in [-0.3, -0.25) is 4.79 Å². The maximum atomic E-state index is 12.4. The van der Waals surface area contributed by atoms with E-state index < -0.39 is 17.1 Å². The normalized spacial score (nSPS) is 49.7. The highest BCUT2D eigenvalue weighted by atomic mass is 16.5. The van der Waals surface area contributed by atoms with Gasteiger partial charge in [0.05, 0.1) is 5.41 Å². The van der Waals surface area contributed by atoms with Crippen molar-refractivity contribution in [2.45, 2.75) is 35.9 Å². The molecule has 4 aliphatic carbocycles. The van der Waals surface area contributed by atoms with E-state index in [2.05, 4.69) is 0 Å². The Bertz CT molecular complexity index is 781. The fourth-order valence-electron chi connectivity index (χ4n) is 6.31. The van der Waals surface area contributed by atoms with Crippen molar-refractivity contribution in [2.75, 3.05) is 0 Å². The molecule has 2 bridgehead atoms. The van der Waals surface area contributed by atoms with Crippen LogP contribution in [-0.2, 0) is 10.2 Å². The van der Waals surface area contributed by atoms with E-state index in [4.69, 9.17) is 4.74 Å². The largest absolute Gasteiger partial charge is 0.504 e. The second kappa shape index (κ2) is 2.75. The number of rotatable bonds is 0. The van der Waals surface area contributed by atoms with Crippen LogP contribution >= 0.6 is 0 Å². The van der Waals surface area contributed by atoms with Crippen LogP contribution in [0.1, 0.15) is 29.9 Å². The Balaban J connectivity index is 1.82. The van der Waals surface area contributed by atoms with Crippen molar-refractivity contribution in [3.05, 3.63) is 35.4 Å². The van der Waals surface area contributed by atoms with E-state index in [1.54, 1.807) is 12.1 Å². The van der Waals surface area contributed by atoms with Gasteiger partial charge in [-0.05, 0) is 54.4 Å². The molecular formula is C17H14O4. The summed E-state index contributed by atoms with van der Waals surface area (Å²) in [6.07, 6.45) is 4.42. The van der Waals surface area contributed by atoms with Crippen molar-refractivity contribution in [3.63, 3.8) is 0 Å². The smallest absolute Gasteiger partial charge is 0.196 e. The van der Waals surface area contributed by atoms with Gasteiger partial charge in [-0.1, -0.05) is 6.07 Å². The highest BCUT2D eigenvalue weighted by Gasteiger charge is 2.81. The number of carbonyl (C=O) groups excluding carboxylic acids is 1. The fourth-order valence-corrected chi connectivity index (χ4v) is 6.31. The van der Waals surface area contributed by atoms with E-state index >= 15 is 0 Å². The fraction of sp³-hybridized carbons (Fsp3) is 0.471. The molecule has 4 heteroatoms. The Morgan fingerprint density at radius 2 is 2.14 bits per heavy atom. The van der Waals surface area contributed by atoms with Crippen LogP contribution in [-0.4, -0.2) is 27.7 Å². The van der Waals surface area contributed by atoms with E-state index in [9.17, 15) is 15.0 Å². The number of fused-ring (bicyclic) bond motifs is 3. The maximum Gasteiger partial charge on any atom is 0.196 e. The lowest BCUT2D eigenvalue weighted by Gasteiger charge is -2.48. The van der Waals surface area contributed by atoms with Gasteiger partial charge in [-0.15, -0.1) is 0 Å². The van der Waals surface area contributed by atoms with Gasteiger partial charge < -0.3 is 14.9 Å². The number of phenols is 1.